The summed E-state index contributed by atoms with van der Waals surface area (Å²) >= 11 is 0. The molecule has 2 aromatic carbocycles. The molecule has 1 atom stereocenters. The lowest BCUT2D eigenvalue weighted by molar-refractivity contribution is 0.0963. The van der Waals surface area contributed by atoms with E-state index in [2.05, 4.69) is 51.8 Å². The van der Waals surface area contributed by atoms with E-state index in [4.69, 9.17) is 4.74 Å². The summed E-state index contributed by atoms with van der Waals surface area (Å²) in [6.45, 7) is 7.70. The maximum absolute atomic E-state index is 11.8. The molecule has 7 heteroatoms. The van der Waals surface area contributed by atoms with Gasteiger partial charge in [0, 0.05) is 32.7 Å². The van der Waals surface area contributed by atoms with Gasteiger partial charge < -0.3 is 20.7 Å². The van der Waals surface area contributed by atoms with Crippen LogP contribution in [0, 0.1) is 0 Å². The molecule has 0 saturated heterocycles. The number of likely N-dealkylation sites (N-methyl/N-ethyl adjacent to an activating group) is 1. The summed E-state index contributed by atoms with van der Waals surface area (Å²) in [6, 6.07) is 16.1. The van der Waals surface area contributed by atoms with Crippen LogP contribution in [0.15, 0.2) is 53.5 Å². The van der Waals surface area contributed by atoms with Gasteiger partial charge in [-0.3, -0.25) is 14.7 Å². The molecule has 1 amide bonds. The van der Waals surface area contributed by atoms with Gasteiger partial charge in [-0.1, -0.05) is 38.1 Å². The molecule has 0 fully saturated rings. The van der Waals surface area contributed by atoms with Gasteiger partial charge in [0.1, 0.15) is 5.75 Å². The minimum atomic E-state index is -0.0720. The third-order valence-electron chi connectivity index (χ3n) is 5.54. The van der Waals surface area contributed by atoms with Crippen molar-refractivity contribution < 1.29 is 9.53 Å². The number of carbonyl (C=O) groups excluding carboxylic acids is 1. The molecule has 2 rings (SSSR count). The predicted octanol–water partition coefficient (Wildman–Crippen LogP) is 2.85. The molecule has 0 saturated carbocycles. The molecule has 0 aliphatic rings. The van der Waals surface area contributed by atoms with Crippen molar-refractivity contribution in [1.29, 1.82) is 0 Å². The number of hydrogen-bond acceptors (Lipinski definition) is 4. The molecule has 3 N–H and O–H groups in total. The molecule has 2 aromatic rings. The molecule has 0 aromatic heterocycles. The molecule has 174 valence electrons. The summed E-state index contributed by atoms with van der Waals surface area (Å²) in [5, 5.41) is 9.51. The molecule has 0 aliphatic carbocycles. The van der Waals surface area contributed by atoms with E-state index < -0.39 is 0 Å². The van der Waals surface area contributed by atoms with Crippen molar-refractivity contribution in [2.75, 3.05) is 47.4 Å². The Kier molecular flexibility index (Phi) is 10.5. The van der Waals surface area contributed by atoms with Gasteiger partial charge >= 0.3 is 0 Å². The summed E-state index contributed by atoms with van der Waals surface area (Å²) in [5.41, 5.74) is 2.99. The van der Waals surface area contributed by atoms with Crippen molar-refractivity contribution in [3.05, 3.63) is 65.2 Å². The first-order valence-electron chi connectivity index (χ1n) is 11.2. The Labute approximate surface area is 192 Å². The second-order valence-corrected chi connectivity index (χ2v) is 7.42. The number of amides is 1. The molecule has 0 heterocycles. The number of benzene rings is 2. The van der Waals surface area contributed by atoms with Crippen LogP contribution in [0.1, 0.15) is 41.4 Å². The molecule has 0 bridgehead atoms. The van der Waals surface area contributed by atoms with Gasteiger partial charge in [0.15, 0.2) is 5.96 Å². The second-order valence-electron chi connectivity index (χ2n) is 7.42. The van der Waals surface area contributed by atoms with Gasteiger partial charge in [-0.15, -0.1) is 0 Å². The molecule has 1 unspecified atom stereocenters. The highest BCUT2D eigenvalue weighted by atomic mass is 16.5. The Balaban J connectivity index is 1.98. The quantitative estimate of drug-likeness (QED) is 0.371. The Morgan fingerprint density at radius 2 is 1.84 bits per heavy atom. The third kappa shape index (κ3) is 7.27. The van der Waals surface area contributed by atoms with Crippen LogP contribution in [-0.4, -0.2) is 64.2 Å². The van der Waals surface area contributed by atoms with E-state index in [9.17, 15) is 4.79 Å². The van der Waals surface area contributed by atoms with Crippen molar-refractivity contribution in [1.82, 2.24) is 20.9 Å². The van der Waals surface area contributed by atoms with Gasteiger partial charge in [-0.25, -0.2) is 0 Å². The standard InChI is InChI=1S/C25H37N5O2/c1-6-30(7-2)23(20-11-9-13-22(17-20)32-5)18-29-25(27-4)28-15-14-19-10-8-12-21(16-19)24(31)26-3/h8-13,16-17,23H,6-7,14-15,18H2,1-5H3,(H,26,31)(H2,27,28,29). The maximum Gasteiger partial charge on any atom is 0.251 e. The van der Waals surface area contributed by atoms with Crippen molar-refractivity contribution in [2.24, 2.45) is 4.99 Å². The Morgan fingerprint density at radius 1 is 1.09 bits per heavy atom. The molecule has 7 nitrogen and oxygen atoms in total. The van der Waals surface area contributed by atoms with Crippen molar-refractivity contribution in [3.63, 3.8) is 0 Å². The number of hydrogen-bond donors (Lipinski definition) is 3. The minimum Gasteiger partial charge on any atom is -0.497 e. The zero-order valence-electron chi connectivity index (χ0n) is 19.9. The number of rotatable bonds is 11. The number of nitrogens with zero attached hydrogens (tertiary/aromatic N) is 2. The topological polar surface area (TPSA) is 78.0 Å². The van der Waals surface area contributed by atoms with Crippen molar-refractivity contribution in [3.8, 4) is 5.75 Å². The lowest BCUT2D eigenvalue weighted by Crippen LogP contribution is -2.43. The van der Waals surface area contributed by atoms with Crippen LogP contribution in [0.4, 0.5) is 0 Å². The molecular formula is C25H37N5O2. The van der Waals surface area contributed by atoms with Gasteiger partial charge in [0.2, 0.25) is 0 Å². The van der Waals surface area contributed by atoms with Crippen LogP contribution in [0.3, 0.4) is 0 Å². The van der Waals surface area contributed by atoms with Gasteiger partial charge in [-0.2, -0.15) is 0 Å². The van der Waals surface area contributed by atoms with Gasteiger partial charge in [0.05, 0.1) is 13.2 Å². The van der Waals surface area contributed by atoms with Crippen molar-refractivity contribution in [2.45, 2.75) is 26.3 Å². The van der Waals surface area contributed by atoms with Crippen LogP contribution < -0.4 is 20.7 Å². The summed E-state index contributed by atoms with van der Waals surface area (Å²) in [4.78, 5) is 18.6. The van der Waals surface area contributed by atoms with E-state index in [1.54, 1.807) is 21.2 Å². The number of aliphatic imine (C=N–C) groups is 1. The highest BCUT2D eigenvalue weighted by molar-refractivity contribution is 5.94. The highest BCUT2D eigenvalue weighted by Gasteiger charge is 2.19. The average Bonchev–Trinajstić information content (AvgIpc) is 2.84. The van der Waals surface area contributed by atoms with Crippen LogP contribution in [-0.2, 0) is 6.42 Å². The molecular weight excluding hydrogens is 402 g/mol. The van der Waals surface area contributed by atoms with Gasteiger partial charge in [-0.05, 0) is 54.9 Å². The largest absolute Gasteiger partial charge is 0.497 e. The first-order chi connectivity index (χ1) is 15.6. The van der Waals surface area contributed by atoms with E-state index in [0.29, 0.717) is 12.1 Å². The Morgan fingerprint density at radius 3 is 2.50 bits per heavy atom. The van der Waals surface area contributed by atoms with Crippen molar-refractivity contribution >= 4 is 11.9 Å². The van der Waals surface area contributed by atoms with Crippen LogP contribution in [0.5, 0.6) is 5.75 Å². The molecule has 32 heavy (non-hydrogen) atoms. The smallest absolute Gasteiger partial charge is 0.251 e. The van der Waals surface area contributed by atoms with Crippen LogP contribution in [0.25, 0.3) is 0 Å². The highest BCUT2D eigenvalue weighted by Crippen LogP contribution is 2.23. The first-order valence-corrected chi connectivity index (χ1v) is 11.2. The fraction of sp³-hybridized carbons (Fsp3) is 0.440. The predicted molar refractivity (Wildman–Crippen MR) is 132 cm³/mol. The Bertz CT molecular complexity index is 880. The molecule has 0 radical (unpaired) electrons. The van der Waals surface area contributed by atoms with E-state index in [1.165, 1.54) is 5.56 Å². The first kappa shape index (κ1) is 25.2. The summed E-state index contributed by atoms with van der Waals surface area (Å²) < 4.78 is 5.42. The monoisotopic (exact) mass is 439 g/mol. The van der Waals surface area contributed by atoms with Crippen LogP contribution >= 0.6 is 0 Å². The Hall–Kier alpha value is -3.06. The van der Waals surface area contributed by atoms with E-state index in [1.807, 2.05) is 36.4 Å². The maximum atomic E-state index is 11.8. The summed E-state index contributed by atoms with van der Waals surface area (Å²) in [7, 11) is 5.11. The average molecular weight is 440 g/mol. The third-order valence-corrected chi connectivity index (χ3v) is 5.54. The van der Waals surface area contributed by atoms with Gasteiger partial charge in [0.25, 0.3) is 5.91 Å². The minimum absolute atomic E-state index is 0.0720. The fourth-order valence-electron chi connectivity index (χ4n) is 3.72. The second kappa shape index (κ2) is 13.4. The van der Waals surface area contributed by atoms with E-state index in [-0.39, 0.29) is 11.9 Å². The number of nitrogens with one attached hydrogen (secondary N) is 3. The molecule has 0 spiro atoms. The molecule has 0 aliphatic heterocycles. The summed E-state index contributed by atoms with van der Waals surface area (Å²) in [5.74, 6) is 1.55. The zero-order valence-corrected chi connectivity index (χ0v) is 19.9. The normalized spacial score (nSPS) is 12.4. The number of carbonyl (C=O) groups is 1. The van der Waals surface area contributed by atoms with E-state index >= 15 is 0 Å². The van der Waals surface area contributed by atoms with Crippen LogP contribution in [0.2, 0.25) is 0 Å². The fourth-order valence-corrected chi connectivity index (χ4v) is 3.72. The number of guanidine groups is 1. The van der Waals surface area contributed by atoms with E-state index in [0.717, 1.165) is 43.3 Å². The SMILES string of the molecule is CCN(CC)C(CNC(=NC)NCCc1cccc(C(=O)NC)c1)c1cccc(OC)c1. The zero-order chi connectivity index (χ0) is 23.3. The lowest BCUT2D eigenvalue weighted by atomic mass is 10.0. The number of methoxy groups -OCH3 is 1. The summed E-state index contributed by atoms with van der Waals surface area (Å²) in [6.07, 6.45) is 0.793. The number of ether oxygens (including phenoxy) is 1. The lowest BCUT2D eigenvalue weighted by Gasteiger charge is -2.31.